The average Bonchev–Trinajstić information content (AvgIpc) is 4.01. The highest BCUT2D eigenvalue weighted by molar-refractivity contribution is 7.69. The lowest BCUT2D eigenvalue weighted by Crippen LogP contribution is -2.47. The number of rotatable bonds is 18. The molecule has 0 saturated carbocycles. The number of phosphoric ester groups is 3. The van der Waals surface area contributed by atoms with Crippen molar-refractivity contribution in [2.24, 2.45) is 7.05 Å². The second kappa shape index (κ2) is 17.9. The van der Waals surface area contributed by atoms with Crippen molar-refractivity contribution >= 4 is 70.7 Å². The smallest absolute Gasteiger partial charge is 0.387 e. The molecule has 0 bridgehead atoms. The van der Waals surface area contributed by atoms with Gasteiger partial charge in [0.05, 0.1) is 45.9 Å². The number of methoxy groups -OCH3 is 1. The maximum absolute atomic E-state index is 12.9. The number of hydrogen-bond acceptors (Lipinski definition) is 24. The molecule has 352 valence electrons. The van der Waals surface area contributed by atoms with Gasteiger partial charge in [0.25, 0.3) is 17.1 Å². The SMILES string of the molecule is CO[C@H]1C(O)[C@@H](COP(=O)(O)OP(=O)(O)c2cn(CCOP(=O)(O)OP(=O)(O)OC[C@H]3O[C@@H](n4cnc5c(=O)[nH]c(N)nc54)[C@@H](O)C3O)nn2)O[C@H]1[n+]1cn(C)c2c(=O)[nH]c(N)nc21. The summed E-state index contributed by atoms with van der Waals surface area (Å²) >= 11 is 0. The van der Waals surface area contributed by atoms with Crippen molar-refractivity contribution in [2.75, 3.05) is 38.4 Å². The van der Waals surface area contributed by atoms with E-state index in [-0.39, 0.29) is 34.2 Å². The highest BCUT2D eigenvalue weighted by Gasteiger charge is 2.50. The molecule has 12 atom stereocenters. The van der Waals surface area contributed by atoms with Crippen LogP contribution in [-0.4, -0.2) is 147 Å². The number of aliphatic hydroxyl groups excluding tert-OH is 3. The summed E-state index contributed by atoms with van der Waals surface area (Å²) in [7, 11) is -19.0. The van der Waals surface area contributed by atoms with Crippen molar-refractivity contribution in [3.63, 3.8) is 0 Å². The molecule has 64 heavy (non-hydrogen) atoms. The molecule has 0 spiro atoms. The molecular formula is C26H38N13O21P4+. The maximum Gasteiger partial charge on any atom is 0.481 e. The zero-order valence-corrected chi connectivity index (χ0v) is 36.1. The third-order valence-electron chi connectivity index (χ3n) is 9.33. The molecular weight excluding hydrogens is 954 g/mol. The van der Waals surface area contributed by atoms with E-state index in [9.17, 15) is 62.7 Å². The summed E-state index contributed by atoms with van der Waals surface area (Å²) in [6, 6.07) is 0. The Balaban J connectivity index is 0.886. The van der Waals surface area contributed by atoms with Crippen molar-refractivity contribution < 1.29 is 94.1 Å². The van der Waals surface area contributed by atoms with Crippen LogP contribution in [0.3, 0.4) is 0 Å². The molecule has 38 heteroatoms. The Morgan fingerprint density at radius 2 is 1.48 bits per heavy atom. The van der Waals surface area contributed by atoms with E-state index in [4.69, 9.17) is 30.2 Å². The van der Waals surface area contributed by atoms with E-state index in [1.165, 1.54) is 29.6 Å². The number of aromatic nitrogens is 11. The Labute approximate surface area is 354 Å². The van der Waals surface area contributed by atoms with Crippen LogP contribution in [0, 0.1) is 0 Å². The van der Waals surface area contributed by atoms with Gasteiger partial charge in [-0.25, -0.2) is 32.2 Å². The van der Waals surface area contributed by atoms with Crippen molar-refractivity contribution in [1.29, 1.82) is 0 Å². The summed E-state index contributed by atoms with van der Waals surface area (Å²) in [5, 5.41) is 38.8. The Morgan fingerprint density at radius 1 is 0.859 bits per heavy atom. The maximum atomic E-state index is 12.9. The number of aromatic amines is 2. The molecule has 7 rings (SSSR count). The van der Waals surface area contributed by atoms with Crippen molar-refractivity contribution in [3.05, 3.63) is 39.6 Å². The fourth-order valence-electron chi connectivity index (χ4n) is 6.51. The monoisotopic (exact) mass is 992 g/mol. The lowest BCUT2D eigenvalue weighted by Gasteiger charge is -2.19. The number of imidazole rings is 2. The molecule has 7 heterocycles. The van der Waals surface area contributed by atoms with Gasteiger partial charge in [-0.3, -0.25) is 46.8 Å². The van der Waals surface area contributed by atoms with Gasteiger partial charge in [0.1, 0.15) is 36.6 Å². The largest absolute Gasteiger partial charge is 0.481 e. The first-order chi connectivity index (χ1) is 29.9. The number of nitrogen functional groups attached to an aromatic ring is 2. The number of aliphatic hydroxyl groups is 3. The number of nitrogens with two attached hydrogens (primary N) is 2. The van der Waals surface area contributed by atoms with Gasteiger partial charge in [0, 0.05) is 7.11 Å². The number of aryl methyl sites for hydroxylation is 1. The summed E-state index contributed by atoms with van der Waals surface area (Å²) in [4.78, 5) is 81.9. The minimum atomic E-state index is -5.48. The van der Waals surface area contributed by atoms with E-state index in [0.717, 1.165) is 15.6 Å². The van der Waals surface area contributed by atoms with Crippen LogP contribution in [0.2, 0.25) is 0 Å². The van der Waals surface area contributed by atoms with E-state index >= 15 is 0 Å². The number of phosphoric acid groups is 3. The second-order valence-electron chi connectivity index (χ2n) is 13.7. The molecule has 0 radical (unpaired) electrons. The van der Waals surface area contributed by atoms with Crippen LogP contribution in [0.15, 0.2) is 28.4 Å². The quantitative estimate of drug-likeness (QED) is 0.0290. The summed E-state index contributed by atoms with van der Waals surface area (Å²) in [5.74, 6) is -0.524. The van der Waals surface area contributed by atoms with E-state index in [0.29, 0.717) is 6.20 Å². The molecule has 13 N–H and O–H groups in total. The molecule has 0 aliphatic carbocycles. The molecule has 2 saturated heterocycles. The van der Waals surface area contributed by atoms with Crippen LogP contribution in [-0.2, 0) is 68.3 Å². The third-order valence-corrected chi connectivity index (χ3v) is 14.9. The van der Waals surface area contributed by atoms with Crippen LogP contribution in [0.4, 0.5) is 11.9 Å². The van der Waals surface area contributed by atoms with Crippen LogP contribution in [0.25, 0.3) is 22.3 Å². The zero-order valence-electron chi connectivity index (χ0n) is 32.5. The van der Waals surface area contributed by atoms with Gasteiger partial charge < -0.3 is 60.6 Å². The standard InChI is InChI=1S/C26H37N13O21P4/c1-36-9-39(20-14(36)22(44)33-26(28)31-20)24-18(53-2)16(41)11(58-24)7-55-63(49,50)59-61(45,46)12-5-37(35-34-12)3-4-54-62(47,48)60-64(51,52)56-6-10-15(40)17(42)23(57-10)38-8-29-13-19(38)30-25(27)32-21(13)43/h5,8-11,15-18,23-24,40-42H,3-4,6-7H2,1-2H3,(H9-,27,28,30,31,32,33,43,44,45,46,47,48,49,50,51,52)/p+1/t10-,11-,15?,16?,17+,18+,23-,24-/m1/s1. The number of H-pyrrole nitrogens is 2. The number of nitrogens with one attached hydrogen (secondary N) is 2. The number of anilines is 2. The van der Waals surface area contributed by atoms with Gasteiger partial charge in [-0.05, 0) is 0 Å². The second-order valence-corrected chi connectivity index (χ2v) is 20.1. The van der Waals surface area contributed by atoms with E-state index in [1.807, 2.05) is 0 Å². The molecule has 2 aliphatic heterocycles. The normalized spacial score (nSPS) is 27.7. The minimum absolute atomic E-state index is 0.0425. The first-order valence-electron chi connectivity index (χ1n) is 17.8. The summed E-state index contributed by atoms with van der Waals surface area (Å²) in [6.45, 7) is -3.33. The fourth-order valence-corrected chi connectivity index (χ4v) is 11.0. The first-order valence-corrected chi connectivity index (χ1v) is 23.9. The Kier molecular flexibility index (Phi) is 13.3. The lowest BCUT2D eigenvalue weighted by molar-refractivity contribution is -0.746. The van der Waals surface area contributed by atoms with Crippen molar-refractivity contribution in [1.82, 2.24) is 49.0 Å². The van der Waals surface area contributed by atoms with E-state index in [2.05, 4.69) is 52.9 Å². The molecule has 34 nitrogen and oxygen atoms in total. The van der Waals surface area contributed by atoms with Crippen molar-refractivity contribution in [3.8, 4) is 0 Å². The number of hydrogen-bond donors (Lipinski definition) is 11. The molecule has 0 amide bonds. The van der Waals surface area contributed by atoms with Crippen molar-refractivity contribution in [2.45, 2.75) is 55.6 Å². The molecule has 5 aromatic heterocycles. The molecule has 5 aromatic rings. The van der Waals surface area contributed by atoms with E-state index < -0.39 is 123 Å². The molecule has 0 aromatic carbocycles. The minimum Gasteiger partial charge on any atom is -0.387 e. The third kappa shape index (κ3) is 9.95. The van der Waals surface area contributed by atoms with Gasteiger partial charge in [-0.2, -0.15) is 9.29 Å². The number of fused-ring (bicyclic) bond motifs is 2. The summed E-state index contributed by atoms with van der Waals surface area (Å²) in [6.07, 6.45) is -8.66. The van der Waals surface area contributed by atoms with Crippen LogP contribution < -0.4 is 32.6 Å². The average molecular weight is 993 g/mol. The first kappa shape index (κ1) is 47.7. The highest BCUT2D eigenvalue weighted by Crippen LogP contribution is 2.61. The predicted octanol–water partition coefficient (Wildman–Crippen LogP) is -4.77. The van der Waals surface area contributed by atoms with Gasteiger partial charge in [0.15, 0.2) is 29.2 Å². The number of ether oxygens (including phenoxy) is 3. The Hall–Kier alpha value is -4.24. The Morgan fingerprint density at radius 3 is 2.17 bits per heavy atom. The number of nitrogens with zero attached hydrogens (tertiary/aromatic N) is 9. The van der Waals surface area contributed by atoms with E-state index in [1.54, 1.807) is 0 Å². The zero-order chi connectivity index (χ0) is 46.7. The molecule has 6 unspecified atom stereocenters. The molecule has 2 fully saturated rings. The Bertz CT molecular complexity index is 2870. The fraction of sp³-hybridized carbons (Fsp3) is 0.538. The van der Waals surface area contributed by atoms with Gasteiger partial charge in [0.2, 0.25) is 17.7 Å². The van der Waals surface area contributed by atoms with Crippen LogP contribution in [0.1, 0.15) is 12.5 Å². The summed E-state index contributed by atoms with van der Waals surface area (Å²) in [5.41, 5.74) is 8.85. The van der Waals surface area contributed by atoms with Crippen LogP contribution in [0.5, 0.6) is 0 Å². The topological polar surface area (TPSA) is 485 Å². The van der Waals surface area contributed by atoms with Gasteiger partial charge in [-0.1, -0.05) is 10.2 Å². The van der Waals surface area contributed by atoms with Gasteiger partial charge in [-0.15, -0.1) is 5.10 Å². The summed E-state index contributed by atoms with van der Waals surface area (Å²) < 4.78 is 94.8. The lowest BCUT2D eigenvalue weighted by atomic mass is 10.1. The van der Waals surface area contributed by atoms with Crippen LogP contribution >= 0.6 is 31.1 Å². The van der Waals surface area contributed by atoms with Gasteiger partial charge >= 0.3 is 36.7 Å². The molecule has 2 aliphatic rings. The predicted molar refractivity (Wildman–Crippen MR) is 204 cm³/mol. The highest BCUT2D eigenvalue weighted by atomic mass is 31.3.